The van der Waals surface area contributed by atoms with Gasteiger partial charge in [0, 0.05) is 10.2 Å². The molecule has 138 valence electrons. The molecule has 1 aliphatic heterocycles. The number of hydrogen-bond donors (Lipinski definition) is 0. The van der Waals surface area contributed by atoms with Crippen molar-refractivity contribution in [3.63, 3.8) is 0 Å². The minimum absolute atomic E-state index is 0.0612. The molecule has 2 aromatic carbocycles. The number of nitrogens with zero attached hydrogens (tertiary/aromatic N) is 1. The van der Waals surface area contributed by atoms with Crippen LogP contribution in [0, 0.1) is 0 Å². The minimum Gasteiger partial charge on any atom is -0.475 e. The van der Waals surface area contributed by atoms with Crippen LogP contribution < -0.4 is 9.64 Å². The van der Waals surface area contributed by atoms with Crippen LogP contribution in [0.2, 0.25) is 0 Å². The lowest BCUT2D eigenvalue weighted by Gasteiger charge is -2.42. The van der Waals surface area contributed by atoms with E-state index in [0.717, 1.165) is 16.6 Å². The molecule has 0 unspecified atom stereocenters. The summed E-state index contributed by atoms with van der Waals surface area (Å²) in [7, 11) is 0. The summed E-state index contributed by atoms with van der Waals surface area (Å²) in [6.07, 6.45) is -3.78. The van der Waals surface area contributed by atoms with Gasteiger partial charge in [-0.25, -0.2) is 0 Å². The van der Waals surface area contributed by atoms with Crippen molar-refractivity contribution < 1.29 is 22.7 Å². The standard InChI is InChI=1S/C19H17BrF3NO2/c1-3-18(4-2)17(25)24(14-8-6-13(20)7-9-14)15-10-5-12(19(21,22)23)11-16(15)26-18/h5-11H,3-4H2,1-2H3. The van der Waals surface area contributed by atoms with Gasteiger partial charge in [-0.1, -0.05) is 29.8 Å². The van der Waals surface area contributed by atoms with Crippen molar-refractivity contribution in [1.82, 2.24) is 0 Å². The highest BCUT2D eigenvalue weighted by atomic mass is 79.9. The second-order valence-corrected chi connectivity index (χ2v) is 7.02. The molecule has 0 spiro atoms. The van der Waals surface area contributed by atoms with Crippen LogP contribution in [-0.4, -0.2) is 11.5 Å². The summed E-state index contributed by atoms with van der Waals surface area (Å²) in [5.41, 5.74) is -1.11. The molecular formula is C19H17BrF3NO2. The van der Waals surface area contributed by atoms with E-state index >= 15 is 0 Å². The molecule has 1 heterocycles. The molecule has 0 atom stereocenters. The molecule has 0 aliphatic carbocycles. The zero-order chi connectivity index (χ0) is 19.1. The van der Waals surface area contributed by atoms with Crippen LogP contribution in [0.3, 0.4) is 0 Å². The highest BCUT2D eigenvalue weighted by Gasteiger charge is 2.47. The van der Waals surface area contributed by atoms with Crippen molar-refractivity contribution in [2.45, 2.75) is 38.5 Å². The minimum atomic E-state index is -4.48. The first-order chi connectivity index (χ1) is 12.2. The maximum Gasteiger partial charge on any atom is 0.416 e. The largest absolute Gasteiger partial charge is 0.475 e. The normalized spacial score (nSPS) is 16.2. The quantitative estimate of drug-likeness (QED) is 0.593. The summed E-state index contributed by atoms with van der Waals surface area (Å²) >= 11 is 3.34. The number of carbonyl (C=O) groups excluding carboxylic acids is 1. The molecule has 0 bridgehead atoms. The fourth-order valence-electron chi connectivity index (χ4n) is 3.07. The first-order valence-electron chi connectivity index (χ1n) is 8.22. The Bertz CT molecular complexity index is 830. The summed E-state index contributed by atoms with van der Waals surface area (Å²) in [6, 6.07) is 10.3. The Labute approximate surface area is 157 Å². The molecule has 0 aromatic heterocycles. The van der Waals surface area contributed by atoms with Gasteiger partial charge in [0.15, 0.2) is 5.60 Å². The van der Waals surface area contributed by atoms with Crippen molar-refractivity contribution in [3.05, 3.63) is 52.5 Å². The van der Waals surface area contributed by atoms with Crippen LogP contribution in [0.4, 0.5) is 24.5 Å². The number of ether oxygens (including phenoxy) is 1. The number of amides is 1. The number of hydrogen-bond acceptors (Lipinski definition) is 2. The van der Waals surface area contributed by atoms with E-state index in [0.29, 0.717) is 24.2 Å². The van der Waals surface area contributed by atoms with Crippen molar-refractivity contribution in [1.29, 1.82) is 0 Å². The van der Waals surface area contributed by atoms with Gasteiger partial charge in [-0.3, -0.25) is 9.69 Å². The molecule has 0 saturated carbocycles. The molecule has 1 aliphatic rings. The van der Waals surface area contributed by atoms with Crippen molar-refractivity contribution in [2.75, 3.05) is 4.90 Å². The van der Waals surface area contributed by atoms with Crippen molar-refractivity contribution in [2.24, 2.45) is 0 Å². The van der Waals surface area contributed by atoms with E-state index < -0.39 is 17.3 Å². The zero-order valence-electron chi connectivity index (χ0n) is 14.2. The van der Waals surface area contributed by atoms with E-state index in [1.807, 2.05) is 0 Å². The Morgan fingerprint density at radius 2 is 1.69 bits per heavy atom. The fraction of sp³-hybridized carbons (Fsp3) is 0.316. The Morgan fingerprint density at radius 1 is 1.08 bits per heavy atom. The predicted octanol–water partition coefficient (Wildman–Crippen LogP) is 6.08. The summed E-state index contributed by atoms with van der Waals surface area (Å²) in [6.45, 7) is 3.58. The molecule has 2 aromatic rings. The van der Waals surface area contributed by atoms with Crippen LogP contribution in [0.5, 0.6) is 5.75 Å². The lowest BCUT2D eigenvalue weighted by Crippen LogP contribution is -2.54. The van der Waals surface area contributed by atoms with Crippen LogP contribution in [0.25, 0.3) is 0 Å². The highest BCUT2D eigenvalue weighted by Crippen LogP contribution is 2.46. The molecule has 1 amide bonds. The number of fused-ring (bicyclic) bond motifs is 1. The monoisotopic (exact) mass is 427 g/mol. The SMILES string of the molecule is CCC1(CC)Oc2cc(C(F)(F)F)ccc2N(c2ccc(Br)cc2)C1=O. The Kier molecular flexibility index (Phi) is 4.77. The molecule has 0 N–H and O–H groups in total. The molecular weight excluding hydrogens is 411 g/mol. The van der Waals surface area contributed by atoms with Gasteiger partial charge in [-0.2, -0.15) is 13.2 Å². The third kappa shape index (κ3) is 3.09. The number of alkyl halides is 3. The van der Waals surface area contributed by atoms with Gasteiger partial charge in [-0.15, -0.1) is 0 Å². The average Bonchev–Trinajstić information content (AvgIpc) is 2.61. The average molecular weight is 428 g/mol. The van der Waals surface area contributed by atoms with Crippen LogP contribution in [-0.2, 0) is 11.0 Å². The maximum atomic E-state index is 13.2. The van der Waals surface area contributed by atoms with Gasteiger partial charge in [0.05, 0.1) is 11.3 Å². The first-order valence-corrected chi connectivity index (χ1v) is 9.01. The van der Waals surface area contributed by atoms with E-state index in [9.17, 15) is 18.0 Å². The number of halogens is 4. The second kappa shape index (κ2) is 6.61. The molecule has 3 nitrogen and oxygen atoms in total. The fourth-order valence-corrected chi connectivity index (χ4v) is 3.33. The topological polar surface area (TPSA) is 29.5 Å². The summed E-state index contributed by atoms with van der Waals surface area (Å²) in [5, 5.41) is 0. The van der Waals surface area contributed by atoms with Crippen LogP contribution in [0.15, 0.2) is 46.9 Å². The third-order valence-electron chi connectivity index (χ3n) is 4.65. The highest BCUT2D eigenvalue weighted by molar-refractivity contribution is 9.10. The first kappa shape index (κ1) is 18.8. The summed E-state index contributed by atoms with van der Waals surface area (Å²) in [4.78, 5) is 14.6. The van der Waals surface area contributed by atoms with Gasteiger partial charge in [0.2, 0.25) is 0 Å². The van der Waals surface area contributed by atoms with E-state index in [2.05, 4.69) is 15.9 Å². The van der Waals surface area contributed by atoms with Gasteiger partial charge >= 0.3 is 6.18 Å². The third-order valence-corrected chi connectivity index (χ3v) is 5.18. The van der Waals surface area contributed by atoms with Gasteiger partial charge < -0.3 is 4.74 Å². The van der Waals surface area contributed by atoms with Crippen molar-refractivity contribution >= 4 is 33.2 Å². The molecule has 3 rings (SSSR count). The number of anilines is 2. The van der Waals surface area contributed by atoms with Crippen LogP contribution >= 0.6 is 15.9 Å². The van der Waals surface area contributed by atoms with Gasteiger partial charge in [0.1, 0.15) is 5.75 Å². The Balaban J connectivity index is 2.20. The summed E-state index contributed by atoms with van der Waals surface area (Å²) < 4.78 is 46.0. The zero-order valence-corrected chi connectivity index (χ0v) is 15.8. The second-order valence-electron chi connectivity index (χ2n) is 6.10. The molecule has 0 saturated heterocycles. The number of carbonyl (C=O) groups is 1. The number of benzene rings is 2. The molecule has 7 heteroatoms. The van der Waals surface area contributed by atoms with Gasteiger partial charge in [0.25, 0.3) is 5.91 Å². The van der Waals surface area contributed by atoms with E-state index in [1.165, 1.54) is 11.0 Å². The van der Waals surface area contributed by atoms with E-state index in [4.69, 9.17) is 4.74 Å². The summed E-state index contributed by atoms with van der Waals surface area (Å²) in [5.74, 6) is -0.219. The maximum absolute atomic E-state index is 13.2. The molecule has 0 fully saturated rings. The number of rotatable bonds is 3. The molecule has 0 radical (unpaired) electrons. The Hall–Kier alpha value is -2.02. The van der Waals surface area contributed by atoms with Crippen molar-refractivity contribution in [3.8, 4) is 5.75 Å². The predicted molar refractivity (Wildman–Crippen MR) is 96.7 cm³/mol. The molecule has 26 heavy (non-hydrogen) atoms. The van der Waals surface area contributed by atoms with E-state index in [1.54, 1.807) is 38.1 Å². The lowest BCUT2D eigenvalue weighted by atomic mass is 9.92. The lowest BCUT2D eigenvalue weighted by molar-refractivity contribution is -0.138. The van der Waals surface area contributed by atoms with Crippen LogP contribution in [0.1, 0.15) is 32.3 Å². The Morgan fingerprint density at radius 3 is 2.23 bits per heavy atom. The smallest absolute Gasteiger partial charge is 0.416 e. The van der Waals surface area contributed by atoms with E-state index in [-0.39, 0.29) is 11.7 Å². The van der Waals surface area contributed by atoms with Gasteiger partial charge in [-0.05, 0) is 55.3 Å².